The second-order valence-electron chi connectivity index (χ2n) is 5.14. The molecule has 1 amide bonds. The van der Waals surface area contributed by atoms with Gasteiger partial charge in [0.1, 0.15) is 5.82 Å². The van der Waals surface area contributed by atoms with Gasteiger partial charge in [0.2, 0.25) is 0 Å². The number of benzene rings is 1. The first kappa shape index (κ1) is 16.3. The Kier molecular flexibility index (Phi) is 4.91. The highest BCUT2D eigenvalue weighted by Crippen LogP contribution is 2.37. The molecule has 116 valence electrons. The predicted octanol–water partition coefficient (Wildman–Crippen LogP) is 4.44. The molecular formula is C14H14BrF4NO. The summed E-state index contributed by atoms with van der Waals surface area (Å²) >= 11 is 3.10. The number of alkyl halides is 3. The van der Waals surface area contributed by atoms with Crippen LogP contribution < -0.4 is 5.32 Å². The van der Waals surface area contributed by atoms with Gasteiger partial charge < -0.3 is 5.32 Å². The fourth-order valence-electron chi connectivity index (χ4n) is 2.61. The van der Waals surface area contributed by atoms with E-state index in [9.17, 15) is 22.4 Å². The Labute approximate surface area is 128 Å². The van der Waals surface area contributed by atoms with Crippen LogP contribution in [0.4, 0.5) is 17.6 Å². The molecule has 21 heavy (non-hydrogen) atoms. The number of carbonyl (C=O) groups excluding carboxylic acids is 1. The van der Waals surface area contributed by atoms with Gasteiger partial charge in [0, 0.05) is 10.5 Å². The number of nitrogens with one attached hydrogen (secondary N) is 1. The maximum absolute atomic E-state index is 13.2. The van der Waals surface area contributed by atoms with Gasteiger partial charge in [-0.3, -0.25) is 4.79 Å². The van der Waals surface area contributed by atoms with Crippen LogP contribution in [0.3, 0.4) is 0 Å². The summed E-state index contributed by atoms with van der Waals surface area (Å²) in [7, 11) is 0. The zero-order valence-corrected chi connectivity index (χ0v) is 12.6. The molecule has 1 saturated carbocycles. The number of rotatable bonds is 2. The minimum absolute atomic E-state index is 0.00139. The summed E-state index contributed by atoms with van der Waals surface area (Å²) in [6.07, 6.45) is -2.90. The minimum atomic E-state index is -4.34. The van der Waals surface area contributed by atoms with Crippen molar-refractivity contribution in [2.45, 2.75) is 37.9 Å². The summed E-state index contributed by atoms with van der Waals surface area (Å²) in [6.45, 7) is 0. The summed E-state index contributed by atoms with van der Waals surface area (Å²) in [4.78, 5) is 12.1. The number of hydrogen-bond acceptors (Lipinski definition) is 1. The van der Waals surface area contributed by atoms with Crippen molar-refractivity contribution in [1.29, 1.82) is 0 Å². The average Bonchev–Trinajstić information content (AvgIpc) is 2.41. The molecular weight excluding hydrogens is 354 g/mol. The van der Waals surface area contributed by atoms with Crippen LogP contribution in [0.15, 0.2) is 22.7 Å². The fourth-order valence-corrected chi connectivity index (χ4v) is 3.04. The second kappa shape index (κ2) is 6.34. The first-order chi connectivity index (χ1) is 9.79. The predicted molar refractivity (Wildman–Crippen MR) is 73.4 cm³/mol. The highest BCUT2D eigenvalue weighted by Gasteiger charge is 2.46. The fraction of sp³-hybridized carbons (Fsp3) is 0.500. The summed E-state index contributed by atoms with van der Waals surface area (Å²) in [5.41, 5.74) is 0.00139. The van der Waals surface area contributed by atoms with Crippen LogP contribution in [0.2, 0.25) is 0 Å². The highest BCUT2D eigenvalue weighted by atomic mass is 79.9. The van der Waals surface area contributed by atoms with E-state index < -0.39 is 29.9 Å². The summed E-state index contributed by atoms with van der Waals surface area (Å²) in [6, 6.07) is 2.57. The summed E-state index contributed by atoms with van der Waals surface area (Å²) in [5, 5.41) is 2.40. The molecule has 1 aliphatic rings. The van der Waals surface area contributed by atoms with Gasteiger partial charge in [-0.2, -0.15) is 13.2 Å². The Hall–Kier alpha value is -1.11. The van der Waals surface area contributed by atoms with E-state index in [0.717, 1.165) is 6.07 Å². The number of hydrogen-bond donors (Lipinski definition) is 1. The molecule has 0 bridgehead atoms. The quantitative estimate of drug-likeness (QED) is 0.769. The molecule has 1 aromatic carbocycles. The maximum Gasteiger partial charge on any atom is 0.393 e. The third-order valence-corrected chi connectivity index (χ3v) is 4.37. The lowest BCUT2D eigenvalue weighted by Gasteiger charge is -2.33. The lowest BCUT2D eigenvalue weighted by Crippen LogP contribution is -2.47. The zero-order valence-electron chi connectivity index (χ0n) is 11.0. The van der Waals surface area contributed by atoms with Crippen molar-refractivity contribution < 1.29 is 22.4 Å². The Balaban J connectivity index is 2.15. The Bertz CT molecular complexity index is 532. The minimum Gasteiger partial charge on any atom is -0.349 e. The van der Waals surface area contributed by atoms with Crippen molar-refractivity contribution in [3.05, 3.63) is 34.1 Å². The van der Waals surface area contributed by atoms with E-state index in [-0.39, 0.29) is 18.4 Å². The second-order valence-corrected chi connectivity index (χ2v) is 5.99. The Morgan fingerprint density at radius 3 is 2.57 bits per heavy atom. The van der Waals surface area contributed by atoms with Gasteiger partial charge in [-0.15, -0.1) is 0 Å². The number of halogens is 5. The molecule has 2 unspecified atom stereocenters. The van der Waals surface area contributed by atoms with Crippen LogP contribution in [0.1, 0.15) is 36.0 Å². The normalized spacial score (nSPS) is 22.9. The molecule has 0 spiro atoms. The van der Waals surface area contributed by atoms with Crippen LogP contribution >= 0.6 is 15.9 Å². The lowest BCUT2D eigenvalue weighted by atomic mass is 9.84. The largest absolute Gasteiger partial charge is 0.393 e. The van der Waals surface area contributed by atoms with E-state index in [4.69, 9.17) is 0 Å². The summed E-state index contributed by atoms with van der Waals surface area (Å²) < 4.78 is 52.4. The van der Waals surface area contributed by atoms with E-state index in [2.05, 4.69) is 21.2 Å². The van der Waals surface area contributed by atoms with Gasteiger partial charge in [-0.25, -0.2) is 4.39 Å². The molecule has 1 N–H and O–H groups in total. The van der Waals surface area contributed by atoms with Crippen molar-refractivity contribution in [2.24, 2.45) is 5.92 Å². The van der Waals surface area contributed by atoms with Gasteiger partial charge in [0.15, 0.2) is 0 Å². The van der Waals surface area contributed by atoms with Gasteiger partial charge >= 0.3 is 6.18 Å². The van der Waals surface area contributed by atoms with E-state index in [1.807, 2.05) is 0 Å². The van der Waals surface area contributed by atoms with Crippen molar-refractivity contribution >= 4 is 21.8 Å². The van der Waals surface area contributed by atoms with Gasteiger partial charge in [-0.1, -0.05) is 12.8 Å². The Morgan fingerprint density at radius 1 is 1.24 bits per heavy atom. The van der Waals surface area contributed by atoms with Crippen LogP contribution in [0.5, 0.6) is 0 Å². The molecule has 0 aliphatic heterocycles. The maximum atomic E-state index is 13.2. The molecule has 0 saturated heterocycles. The first-order valence-corrected chi connectivity index (χ1v) is 7.41. The van der Waals surface area contributed by atoms with Crippen LogP contribution in [-0.2, 0) is 0 Å². The molecule has 2 atom stereocenters. The van der Waals surface area contributed by atoms with Crippen molar-refractivity contribution in [1.82, 2.24) is 5.32 Å². The monoisotopic (exact) mass is 367 g/mol. The van der Waals surface area contributed by atoms with Gasteiger partial charge in [-0.05, 0) is 47.0 Å². The van der Waals surface area contributed by atoms with Gasteiger partial charge in [0.25, 0.3) is 5.91 Å². The number of amides is 1. The molecule has 7 heteroatoms. The third-order valence-electron chi connectivity index (χ3n) is 3.68. The smallest absolute Gasteiger partial charge is 0.349 e. The average molecular weight is 368 g/mol. The molecule has 0 aromatic heterocycles. The van der Waals surface area contributed by atoms with E-state index in [0.29, 0.717) is 17.3 Å². The molecule has 2 rings (SSSR count). The number of carbonyl (C=O) groups is 1. The summed E-state index contributed by atoms with van der Waals surface area (Å²) in [5.74, 6) is -2.84. The van der Waals surface area contributed by atoms with Crippen LogP contribution in [0.25, 0.3) is 0 Å². The van der Waals surface area contributed by atoms with Crippen LogP contribution in [0, 0.1) is 11.7 Å². The first-order valence-electron chi connectivity index (χ1n) is 6.61. The lowest BCUT2D eigenvalue weighted by molar-refractivity contribution is -0.187. The standard InChI is InChI=1S/C14H14BrF4NO/c15-11-6-5-8(16)7-9(11)13(21)20-12-4-2-1-3-10(12)14(17,18)19/h5-7,10,12H,1-4H2,(H,20,21). The third kappa shape index (κ3) is 3.96. The van der Waals surface area contributed by atoms with E-state index in [1.165, 1.54) is 12.1 Å². The Morgan fingerprint density at radius 2 is 1.90 bits per heavy atom. The van der Waals surface area contributed by atoms with Crippen molar-refractivity contribution in [2.75, 3.05) is 0 Å². The molecule has 0 radical (unpaired) electrons. The SMILES string of the molecule is O=C(NC1CCCCC1C(F)(F)F)c1cc(F)ccc1Br. The highest BCUT2D eigenvalue weighted by molar-refractivity contribution is 9.10. The topological polar surface area (TPSA) is 29.1 Å². The molecule has 1 aromatic rings. The molecule has 0 heterocycles. The molecule has 1 fully saturated rings. The zero-order chi connectivity index (χ0) is 15.6. The van der Waals surface area contributed by atoms with Crippen molar-refractivity contribution in [3.63, 3.8) is 0 Å². The van der Waals surface area contributed by atoms with Crippen LogP contribution in [-0.4, -0.2) is 18.1 Å². The molecule has 1 aliphatic carbocycles. The van der Waals surface area contributed by atoms with Crippen molar-refractivity contribution in [3.8, 4) is 0 Å². The van der Waals surface area contributed by atoms with Gasteiger partial charge in [0.05, 0.1) is 11.5 Å². The van der Waals surface area contributed by atoms with E-state index >= 15 is 0 Å². The molecule has 2 nitrogen and oxygen atoms in total. The van der Waals surface area contributed by atoms with E-state index in [1.54, 1.807) is 0 Å².